The molecule has 20 heavy (non-hydrogen) atoms. The number of nitro groups is 1. The molecule has 0 saturated carbocycles. The molecule has 9 nitrogen and oxygen atoms in total. The summed E-state index contributed by atoms with van der Waals surface area (Å²) in [4.78, 5) is 19.8. The normalized spacial score (nSPS) is 11.2. The highest BCUT2D eigenvalue weighted by Gasteiger charge is 2.16. The summed E-state index contributed by atoms with van der Waals surface area (Å²) in [6.07, 6.45) is 0. The molecule has 0 spiro atoms. The molecule has 0 aliphatic heterocycles. The molecule has 110 valence electrons. The van der Waals surface area contributed by atoms with E-state index in [1.54, 1.807) is 0 Å². The first-order chi connectivity index (χ1) is 9.33. The minimum Gasteiger partial charge on any atom is -0.480 e. The van der Waals surface area contributed by atoms with Crippen LogP contribution in [0.2, 0.25) is 0 Å². The lowest BCUT2D eigenvalue weighted by atomic mass is 10.3. The predicted octanol–water partition coefficient (Wildman–Crippen LogP) is -0.0257. The van der Waals surface area contributed by atoms with Crippen molar-refractivity contribution in [3.8, 4) is 0 Å². The largest absolute Gasteiger partial charge is 0.480 e. The summed E-state index contributed by atoms with van der Waals surface area (Å²) >= 11 is 0. The molecule has 1 rings (SSSR count). The number of rotatable bonds is 8. The Bertz CT molecular complexity index is 599. The van der Waals surface area contributed by atoms with Crippen LogP contribution in [0.15, 0.2) is 29.2 Å². The number of ether oxygens (including phenoxy) is 1. The number of hydrogen-bond acceptors (Lipinski definition) is 6. The van der Waals surface area contributed by atoms with Crippen LogP contribution < -0.4 is 4.72 Å². The second kappa shape index (κ2) is 6.93. The van der Waals surface area contributed by atoms with Crippen molar-refractivity contribution in [3.05, 3.63) is 34.4 Å². The molecule has 0 aliphatic carbocycles. The molecule has 0 aromatic heterocycles. The number of aliphatic carboxylic acids is 1. The summed E-state index contributed by atoms with van der Waals surface area (Å²) in [6, 6.07) is 4.58. The van der Waals surface area contributed by atoms with Gasteiger partial charge in [0.1, 0.15) is 6.61 Å². The van der Waals surface area contributed by atoms with Gasteiger partial charge < -0.3 is 9.84 Å². The van der Waals surface area contributed by atoms with Crippen molar-refractivity contribution in [2.45, 2.75) is 4.90 Å². The first kappa shape index (κ1) is 16.0. The van der Waals surface area contributed by atoms with E-state index >= 15 is 0 Å². The van der Waals surface area contributed by atoms with Crippen LogP contribution in [0.5, 0.6) is 0 Å². The van der Waals surface area contributed by atoms with Gasteiger partial charge in [0.05, 0.1) is 16.4 Å². The van der Waals surface area contributed by atoms with Crippen LogP contribution in [-0.2, 0) is 19.6 Å². The van der Waals surface area contributed by atoms with E-state index in [0.717, 1.165) is 6.07 Å². The molecule has 0 aliphatic rings. The zero-order chi connectivity index (χ0) is 15.2. The second-order valence-corrected chi connectivity index (χ2v) is 5.37. The van der Waals surface area contributed by atoms with Crippen molar-refractivity contribution in [1.82, 2.24) is 4.72 Å². The van der Waals surface area contributed by atoms with Crippen LogP contribution in [0.1, 0.15) is 0 Å². The number of benzene rings is 1. The van der Waals surface area contributed by atoms with Crippen LogP contribution in [0.25, 0.3) is 0 Å². The highest BCUT2D eigenvalue weighted by Crippen LogP contribution is 2.16. The standard InChI is InChI=1S/C10H12N2O7S/c13-10(14)7-19-5-4-11-20(17,18)9-3-1-2-8(6-9)12(15)16/h1-3,6,11H,4-5,7H2,(H,13,14). The summed E-state index contributed by atoms with van der Waals surface area (Å²) < 4.78 is 30.4. The maximum atomic E-state index is 11.8. The maximum absolute atomic E-state index is 11.8. The summed E-state index contributed by atoms with van der Waals surface area (Å²) in [5.41, 5.74) is -0.338. The SMILES string of the molecule is O=C(O)COCCNS(=O)(=O)c1cccc([N+](=O)[O-])c1. The minimum atomic E-state index is -3.90. The Kier molecular flexibility index (Phi) is 5.55. The van der Waals surface area contributed by atoms with Gasteiger partial charge in [-0.2, -0.15) is 0 Å². The Morgan fingerprint density at radius 2 is 2.15 bits per heavy atom. The maximum Gasteiger partial charge on any atom is 0.329 e. The van der Waals surface area contributed by atoms with Gasteiger partial charge in [0.2, 0.25) is 10.0 Å². The zero-order valence-corrected chi connectivity index (χ0v) is 11.0. The van der Waals surface area contributed by atoms with Crippen molar-refractivity contribution in [3.63, 3.8) is 0 Å². The number of sulfonamides is 1. The number of carboxylic acids is 1. The molecule has 0 amide bonds. The van der Waals surface area contributed by atoms with Crippen molar-refractivity contribution in [2.75, 3.05) is 19.8 Å². The lowest BCUT2D eigenvalue weighted by molar-refractivity contribution is -0.385. The number of nitrogens with one attached hydrogen (secondary N) is 1. The Labute approximate surface area is 114 Å². The lowest BCUT2D eigenvalue weighted by Crippen LogP contribution is -2.28. The van der Waals surface area contributed by atoms with Gasteiger partial charge in [-0.15, -0.1) is 0 Å². The van der Waals surface area contributed by atoms with Gasteiger partial charge in [-0.3, -0.25) is 10.1 Å². The van der Waals surface area contributed by atoms with Crippen LogP contribution in [-0.4, -0.2) is 44.2 Å². The fourth-order valence-corrected chi connectivity index (χ4v) is 2.31. The molecule has 0 bridgehead atoms. The highest BCUT2D eigenvalue weighted by molar-refractivity contribution is 7.89. The molecule has 10 heteroatoms. The topological polar surface area (TPSA) is 136 Å². The first-order valence-electron chi connectivity index (χ1n) is 5.36. The van der Waals surface area contributed by atoms with Crippen LogP contribution in [0.4, 0.5) is 5.69 Å². The molecule has 0 unspecified atom stereocenters. The number of carboxylic acid groups (broad SMARTS) is 1. The molecule has 1 aromatic rings. The summed E-state index contributed by atoms with van der Waals surface area (Å²) in [7, 11) is -3.90. The van der Waals surface area contributed by atoms with Crippen LogP contribution in [0.3, 0.4) is 0 Å². The Morgan fingerprint density at radius 1 is 1.45 bits per heavy atom. The van der Waals surface area contributed by atoms with Gasteiger partial charge >= 0.3 is 5.97 Å². The van der Waals surface area contributed by atoms with E-state index in [2.05, 4.69) is 9.46 Å². The summed E-state index contributed by atoms with van der Waals surface area (Å²) in [6.45, 7) is -0.794. The first-order valence-corrected chi connectivity index (χ1v) is 6.85. The Balaban J connectivity index is 2.62. The molecule has 0 atom stereocenters. The summed E-state index contributed by atoms with van der Waals surface area (Å²) in [5.74, 6) is -1.16. The Hall–Kier alpha value is -2.04. The lowest BCUT2D eigenvalue weighted by Gasteiger charge is -2.06. The highest BCUT2D eigenvalue weighted by atomic mass is 32.2. The van der Waals surface area contributed by atoms with Crippen LogP contribution in [0, 0.1) is 10.1 Å². The van der Waals surface area contributed by atoms with Crippen molar-refractivity contribution >= 4 is 21.7 Å². The third-order valence-corrected chi connectivity index (χ3v) is 3.56. The monoisotopic (exact) mass is 304 g/mol. The van der Waals surface area contributed by atoms with E-state index in [1.807, 2.05) is 0 Å². The van der Waals surface area contributed by atoms with E-state index in [1.165, 1.54) is 18.2 Å². The average Bonchev–Trinajstić information content (AvgIpc) is 2.38. The molecule has 0 saturated heterocycles. The fraction of sp³-hybridized carbons (Fsp3) is 0.300. The van der Waals surface area contributed by atoms with E-state index in [-0.39, 0.29) is 23.7 Å². The van der Waals surface area contributed by atoms with E-state index in [0.29, 0.717) is 0 Å². The van der Waals surface area contributed by atoms with Crippen LogP contribution >= 0.6 is 0 Å². The third kappa shape index (κ3) is 4.91. The number of non-ortho nitro benzene ring substituents is 1. The number of nitro benzene ring substituents is 1. The number of carbonyl (C=O) groups is 1. The Morgan fingerprint density at radius 3 is 2.75 bits per heavy atom. The zero-order valence-electron chi connectivity index (χ0n) is 10.2. The van der Waals surface area contributed by atoms with Gasteiger partial charge in [-0.05, 0) is 6.07 Å². The van der Waals surface area contributed by atoms with Gasteiger partial charge in [0.15, 0.2) is 0 Å². The molecule has 0 fully saturated rings. The van der Waals surface area contributed by atoms with E-state index in [9.17, 15) is 23.3 Å². The average molecular weight is 304 g/mol. The minimum absolute atomic E-state index is 0.125. The van der Waals surface area contributed by atoms with Gasteiger partial charge in [0, 0.05) is 18.7 Å². The van der Waals surface area contributed by atoms with Crippen molar-refractivity contribution in [1.29, 1.82) is 0 Å². The quantitative estimate of drug-likeness (QED) is 0.391. The summed E-state index contributed by atoms with van der Waals surface area (Å²) in [5, 5.41) is 18.9. The number of hydrogen-bond donors (Lipinski definition) is 2. The molecular formula is C10H12N2O7S. The molecule has 0 heterocycles. The predicted molar refractivity (Wildman–Crippen MR) is 66.7 cm³/mol. The smallest absolute Gasteiger partial charge is 0.329 e. The van der Waals surface area contributed by atoms with Gasteiger partial charge in [-0.25, -0.2) is 17.9 Å². The van der Waals surface area contributed by atoms with E-state index in [4.69, 9.17) is 5.11 Å². The van der Waals surface area contributed by atoms with Crippen molar-refractivity contribution in [2.24, 2.45) is 0 Å². The molecule has 2 N–H and O–H groups in total. The molecule has 0 radical (unpaired) electrons. The third-order valence-electron chi connectivity index (χ3n) is 2.10. The second-order valence-electron chi connectivity index (χ2n) is 3.60. The van der Waals surface area contributed by atoms with Crippen molar-refractivity contribution < 1.29 is 28.0 Å². The number of nitrogens with zero attached hydrogens (tertiary/aromatic N) is 1. The van der Waals surface area contributed by atoms with Gasteiger partial charge in [-0.1, -0.05) is 6.07 Å². The fourth-order valence-electron chi connectivity index (χ4n) is 1.26. The molecular weight excluding hydrogens is 292 g/mol. The molecule has 1 aromatic carbocycles. The van der Waals surface area contributed by atoms with Gasteiger partial charge in [0.25, 0.3) is 5.69 Å². The van der Waals surface area contributed by atoms with E-state index < -0.39 is 27.5 Å².